The highest BCUT2D eigenvalue weighted by atomic mass is 35.5. The molecule has 2 rings (SSSR count). The lowest BCUT2D eigenvalue weighted by Gasteiger charge is -2.17. The maximum atomic E-state index is 6.20. The quantitative estimate of drug-likeness (QED) is 0.517. The van der Waals surface area contributed by atoms with E-state index in [-0.39, 0.29) is 0 Å². The molecule has 1 nitrogen and oxygen atoms in total. The van der Waals surface area contributed by atoms with E-state index < -0.39 is 0 Å². The van der Waals surface area contributed by atoms with Gasteiger partial charge in [-0.2, -0.15) is 0 Å². The molecule has 0 aliphatic heterocycles. The van der Waals surface area contributed by atoms with Crippen LogP contribution in [0.3, 0.4) is 0 Å². The van der Waals surface area contributed by atoms with Gasteiger partial charge >= 0.3 is 0 Å². The zero-order valence-electron chi connectivity index (χ0n) is 10.5. The third kappa shape index (κ3) is 3.72. The van der Waals surface area contributed by atoms with Crippen molar-refractivity contribution in [3.8, 4) is 0 Å². The maximum absolute atomic E-state index is 6.20. The molecule has 1 aliphatic carbocycles. The summed E-state index contributed by atoms with van der Waals surface area (Å²) in [6, 6.07) is 10.3. The summed E-state index contributed by atoms with van der Waals surface area (Å²) >= 11 is 6.20. The van der Waals surface area contributed by atoms with Crippen LogP contribution < -0.4 is 0 Å². The minimum Gasteiger partial charge on any atom is -0.377 e. The van der Waals surface area contributed by atoms with E-state index in [1.54, 1.807) is 0 Å². The van der Waals surface area contributed by atoms with Crippen LogP contribution in [0.15, 0.2) is 30.3 Å². The lowest BCUT2D eigenvalue weighted by atomic mass is 9.97. The summed E-state index contributed by atoms with van der Waals surface area (Å²) in [6.07, 6.45) is 4.95. The van der Waals surface area contributed by atoms with Crippen LogP contribution in [0.5, 0.6) is 0 Å². The van der Waals surface area contributed by atoms with Gasteiger partial charge in [0.25, 0.3) is 0 Å². The Morgan fingerprint density at radius 1 is 1.29 bits per heavy atom. The van der Waals surface area contributed by atoms with Crippen LogP contribution in [0.1, 0.15) is 38.2 Å². The van der Waals surface area contributed by atoms with Gasteiger partial charge in [-0.15, -0.1) is 11.6 Å². The van der Waals surface area contributed by atoms with Gasteiger partial charge in [0.1, 0.15) is 0 Å². The maximum Gasteiger partial charge on any atom is 0.0716 e. The van der Waals surface area contributed by atoms with E-state index >= 15 is 0 Å². The number of benzene rings is 1. The lowest BCUT2D eigenvalue weighted by Crippen LogP contribution is -2.13. The fourth-order valence-corrected chi connectivity index (χ4v) is 2.63. The van der Waals surface area contributed by atoms with E-state index in [4.69, 9.17) is 16.3 Å². The Hall–Kier alpha value is -0.530. The van der Waals surface area contributed by atoms with E-state index in [0.29, 0.717) is 10.8 Å². The highest BCUT2D eigenvalue weighted by molar-refractivity contribution is 6.21. The zero-order valence-corrected chi connectivity index (χ0v) is 11.2. The minimum absolute atomic E-state index is 0.316. The van der Waals surface area contributed by atoms with Crippen molar-refractivity contribution in [1.82, 2.24) is 0 Å². The largest absolute Gasteiger partial charge is 0.377 e. The highest BCUT2D eigenvalue weighted by Crippen LogP contribution is 2.54. The Kier molecular flexibility index (Phi) is 4.47. The minimum atomic E-state index is 0.316. The smallest absolute Gasteiger partial charge is 0.0716 e. The van der Waals surface area contributed by atoms with Crippen molar-refractivity contribution in [2.75, 3.05) is 6.61 Å². The molecular formula is C15H21ClO. The number of hydrogen-bond acceptors (Lipinski definition) is 1. The second-order valence-electron chi connectivity index (χ2n) is 5.12. The molecule has 94 valence electrons. The first-order valence-electron chi connectivity index (χ1n) is 6.49. The number of alkyl halides is 1. The van der Waals surface area contributed by atoms with Crippen molar-refractivity contribution >= 4 is 11.6 Å². The Balaban J connectivity index is 1.58. The van der Waals surface area contributed by atoms with Crippen LogP contribution in [0, 0.1) is 5.41 Å². The second-order valence-corrected chi connectivity index (χ2v) is 5.77. The molecule has 1 unspecified atom stereocenters. The molecule has 1 atom stereocenters. The van der Waals surface area contributed by atoms with Gasteiger partial charge in [0, 0.05) is 12.0 Å². The standard InChI is InChI=1S/C15H21ClO/c1-13(16)15(9-10-15)8-5-11-17-12-14-6-3-2-4-7-14/h2-4,6-7,13H,5,8-12H2,1H3. The molecule has 1 fully saturated rings. The molecule has 0 aromatic heterocycles. The number of hydrogen-bond donors (Lipinski definition) is 0. The van der Waals surface area contributed by atoms with Crippen LogP contribution in [-0.4, -0.2) is 12.0 Å². The van der Waals surface area contributed by atoms with Crippen molar-refractivity contribution in [1.29, 1.82) is 0 Å². The molecule has 1 aliphatic rings. The average Bonchev–Trinajstić information content (AvgIpc) is 3.11. The van der Waals surface area contributed by atoms with E-state index in [9.17, 15) is 0 Å². The van der Waals surface area contributed by atoms with Gasteiger partial charge in [-0.25, -0.2) is 0 Å². The summed E-state index contributed by atoms with van der Waals surface area (Å²) in [5.41, 5.74) is 1.69. The van der Waals surface area contributed by atoms with Crippen LogP contribution >= 0.6 is 11.6 Å². The molecule has 0 bridgehead atoms. The molecule has 1 saturated carbocycles. The van der Waals surface area contributed by atoms with Crippen LogP contribution in [0.2, 0.25) is 0 Å². The fourth-order valence-electron chi connectivity index (χ4n) is 2.30. The van der Waals surface area contributed by atoms with Crippen molar-refractivity contribution in [3.05, 3.63) is 35.9 Å². The number of halogens is 1. The fraction of sp³-hybridized carbons (Fsp3) is 0.600. The second kappa shape index (κ2) is 5.88. The Labute approximate surface area is 109 Å². The summed E-state index contributed by atoms with van der Waals surface area (Å²) in [5, 5.41) is 0.316. The van der Waals surface area contributed by atoms with E-state index in [1.807, 2.05) is 18.2 Å². The molecule has 1 aromatic carbocycles. The molecule has 17 heavy (non-hydrogen) atoms. The molecule has 0 spiro atoms. The third-order valence-electron chi connectivity index (χ3n) is 3.81. The van der Waals surface area contributed by atoms with E-state index in [1.165, 1.54) is 24.8 Å². The SMILES string of the molecule is CC(Cl)C1(CCCOCc2ccccc2)CC1. The van der Waals surface area contributed by atoms with Crippen molar-refractivity contribution in [2.45, 2.75) is 44.6 Å². The molecule has 2 heteroatoms. The van der Waals surface area contributed by atoms with Crippen LogP contribution in [-0.2, 0) is 11.3 Å². The predicted octanol–water partition coefficient (Wildman–Crippen LogP) is 4.39. The summed E-state index contributed by atoms with van der Waals surface area (Å²) < 4.78 is 5.68. The van der Waals surface area contributed by atoms with Crippen molar-refractivity contribution in [3.63, 3.8) is 0 Å². The molecule has 1 aromatic rings. The normalized spacial score (nSPS) is 18.9. The molecule has 0 radical (unpaired) electrons. The van der Waals surface area contributed by atoms with Crippen LogP contribution in [0.4, 0.5) is 0 Å². The van der Waals surface area contributed by atoms with Crippen LogP contribution in [0.25, 0.3) is 0 Å². The highest BCUT2D eigenvalue weighted by Gasteiger charge is 2.45. The van der Waals surface area contributed by atoms with Gasteiger partial charge in [-0.3, -0.25) is 0 Å². The first kappa shape index (κ1) is 12.9. The monoisotopic (exact) mass is 252 g/mol. The predicted molar refractivity (Wildman–Crippen MR) is 72.3 cm³/mol. The van der Waals surface area contributed by atoms with Gasteiger partial charge < -0.3 is 4.74 Å². The Bertz CT molecular complexity index is 330. The topological polar surface area (TPSA) is 9.23 Å². The van der Waals surface area contributed by atoms with Gasteiger partial charge in [0.15, 0.2) is 0 Å². The van der Waals surface area contributed by atoms with Gasteiger partial charge in [0.05, 0.1) is 6.61 Å². The number of rotatable bonds is 7. The number of ether oxygens (including phenoxy) is 1. The average molecular weight is 253 g/mol. The summed E-state index contributed by atoms with van der Waals surface area (Å²) in [6.45, 7) is 3.70. The van der Waals surface area contributed by atoms with E-state index in [2.05, 4.69) is 19.1 Å². The molecular weight excluding hydrogens is 232 g/mol. The van der Waals surface area contributed by atoms with Gasteiger partial charge in [-0.05, 0) is 43.6 Å². The summed E-state index contributed by atoms with van der Waals surface area (Å²) in [5.74, 6) is 0. The van der Waals surface area contributed by atoms with Crippen molar-refractivity contribution < 1.29 is 4.74 Å². The lowest BCUT2D eigenvalue weighted by molar-refractivity contribution is 0.112. The summed E-state index contributed by atoms with van der Waals surface area (Å²) in [7, 11) is 0. The first-order chi connectivity index (χ1) is 8.23. The molecule has 0 amide bonds. The molecule has 0 saturated heterocycles. The molecule has 0 N–H and O–H groups in total. The Morgan fingerprint density at radius 2 is 2.00 bits per heavy atom. The zero-order chi connectivity index (χ0) is 12.1. The van der Waals surface area contributed by atoms with Gasteiger partial charge in [0.2, 0.25) is 0 Å². The molecule has 0 heterocycles. The van der Waals surface area contributed by atoms with Crippen molar-refractivity contribution in [2.24, 2.45) is 5.41 Å². The van der Waals surface area contributed by atoms with E-state index in [0.717, 1.165) is 19.6 Å². The summed E-state index contributed by atoms with van der Waals surface area (Å²) in [4.78, 5) is 0. The third-order valence-corrected chi connectivity index (χ3v) is 4.27. The van der Waals surface area contributed by atoms with Gasteiger partial charge in [-0.1, -0.05) is 30.3 Å². The Morgan fingerprint density at radius 3 is 2.59 bits per heavy atom. The first-order valence-corrected chi connectivity index (χ1v) is 6.92.